The average molecular weight is 268 g/mol. The normalized spacial score (nSPS) is 18.0. The molecule has 0 spiro atoms. The van der Waals surface area contributed by atoms with Gasteiger partial charge in [-0.05, 0) is 43.4 Å². The van der Waals surface area contributed by atoms with Crippen LogP contribution in [0.4, 0.5) is 5.69 Å². The summed E-state index contributed by atoms with van der Waals surface area (Å²) in [7, 11) is 1.38. The molecule has 1 aliphatic carbocycles. The number of anilines is 1. The number of methoxy groups -OCH3 is 1. The standard InChI is InChI=1S/C14H18ClNO2/c1-9(14(2)6-7-14)16-12-8-10(15)4-5-11(12)13(17)18-3/h4-5,8-9,16H,6-7H2,1-3H3. The van der Waals surface area contributed by atoms with Crippen molar-refractivity contribution in [1.29, 1.82) is 0 Å². The molecular weight excluding hydrogens is 250 g/mol. The molecule has 0 radical (unpaired) electrons. The Morgan fingerprint density at radius 1 is 1.50 bits per heavy atom. The number of carbonyl (C=O) groups is 1. The summed E-state index contributed by atoms with van der Waals surface area (Å²) in [6, 6.07) is 5.47. The Morgan fingerprint density at radius 2 is 2.17 bits per heavy atom. The van der Waals surface area contributed by atoms with Gasteiger partial charge in [0.15, 0.2) is 0 Å². The Morgan fingerprint density at radius 3 is 2.72 bits per heavy atom. The van der Waals surface area contributed by atoms with Gasteiger partial charge in [-0.2, -0.15) is 0 Å². The molecule has 4 heteroatoms. The van der Waals surface area contributed by atoms with Crippen molar-refractivity contribution in [3.8, 4) is 0 Å². The molecule has 1 aromatic carbocycles. The Bertz CT molecular complexity index is 469. The van der Waals surface area contributed by atoms with Crippen LogP contribution in [0.5, 0.6) is 0 Å². The minimum Gasteiger partial charge on any atom is -0.465 e. The molecule has 0 aliphatic heterocycles. The van der Waals surface area contributed by atoms with E-state index in [0.29, 0.717) is 22.0 Å². The lowest BCUT2D eigenvalue weighted by Gasteiger charge is -2.23. The van der Waals surface area contributed by atoms with Gasteiger partial charge < -0.3 is 10.1 Å². The highest BCUT2D eigenvalue weighted by Crippen LogP contribution is 2.49. The molecule has 1 unspecified atom stereocenters. The number of nitrogens with one attached hydrogen (secondary N) is 1. The molecule has 1 fully saturated rings. The molecule has 0 aromatic heterocycles. The van der Waals surface area contributed by atoms with Gasteiger partial charge in [-0.1, -0.05) is 18.5 Å². The third-order valence-electron chi connectivity index (χ3n) is 3.84. The fourth-order valence-corrected chi connectivity index (χ4v) is 2.13. The number of ether oxygens (including phenoxy) is 1. The Kier molecular flexibility index (Phi) is 3.53. The van der Waals surface area contributed by atoms with E-state index >= 15 is 0 Å². The molecule has 0 saturated heterocycles. The molecule has 0 amide bonds. The van der Waals surface area contributed by atoms with E-state index in [4.69, 9.17) is 16.3 Å². The number of hydrogen-bond donors (Lipinski definition) is 1. The summed E-state index contributed by atoms with van der Waals surface area (Å²) in [6.07, 6.45) is 2.44. The van der Waals surface area contributed by atoms with E-state index in [9.17, 15) is 4.79 Å². The maximum atomic E-state index is 11.7. The number of hydrogen-bond acceptors (Lipinski definition) is 3. The zero-order valence-electron chi connectivity index (χ0n) is 10.9. The van der Waals surface area contributed by atoms with Gasteiger partial charge in [-0.15, -0.1) is 0 Å². The summed E-state index contributed by atoms with van der Waals surface area (Å²) in [5.41, 5.74) is 1.60. The van der Waals surface area contributed by atoms with Crippen molar-refractivity contribution in [3.63, 3.8) is 0 Å². The largest absolute Gasteiger partial charge is 0.465 e. The summed E-state index contributed by atoms with van der Waals surface area (Å²) in [4.78, 5) is 11.7. The van der Waals surface area contributed by atoms with Crippen LogP contribution in [0, 0.1) is 5.41 Å². The van der Waals surface area contributed by atoms with Crippen molar-refractivity contribution in [1.82, 2.24) is 0 Å². The average Bonchev–Trinajstić information content (AvgIpc) is 3.08. The molecule has 18 heavy (non-hydrogen) atoms. The van der Waals surface area contributed by atoms with Gasteiger partial charge in [0, 0.05) is 11.1 Å². The first-order valence-corrected chi connectivity index (χ1v) is 6.48. The number of halogens is 1. The molecule has 1 N–H and O–H groups in total. The summed E-state index contributed by atoms with van der Waals surface area (Å²) < 4.78 is 4.78. The summed E-state index contributed by atoms with van der Waals surface area (Å²) in [6.45, 7) is 4.38. The Labute approximate surface area is 112 Å². The molecule has 1 saturated carbocycles. The van der Waals surface area contributed by atoms with E-state index in [1.165, 1.54) is 20.0 Å². The lowest BCUT2D eigenvalue weighted by molar-refractivity contribution is 0.0601. The zero-order chi connectivity index (χ0) is 13.3. The fourth-order valence-electron chi connectivity index (χ4n) is 1.96. The van der Waals surface area contributed by atoms with Gasteiger partial charge in [-0.25, -0.2) is 4.79 Å². The number of esters is 1. The SMILES string of the molecule is COC(=O)c1ccc(Cl)cc1NC(C)C1(C)CC1. The predicted molar refractivity (Wildman–Crippen MR) is 73.2 cm³/mol. The minimum atomic E-state index is -0.345. The minimum absolute atomic E-state index is 0.305. The van der Waals surface area contributed by atoms with Crippen LogP contribution in [0.15, 0.2) is 18.2 Å². The van der Waals surface area contributed by atoms with Gasteiger partial charge in [0.2, 0.25) is 0 Å². The second-order valence-corrected chi connectivity index (χ2v) is 5.64. The van der Waals surface area contributed by atoms with Crippen LogP contribution >= 0.6 is 11.6 Å². The van der Waals surface area contributed by atoms with Gasteiger partial charge in [0.25, 0.3) is 0 Å². The van der Waals surface area contributed by atoms with Crippen molar-refractivity contribution in [2.75, 3.05) is 12.4 Å². The quantitative estimate of drug-likeness (QED) is 0.845. The van der Waals surface area contributed by atoms with E-state index in [2.05, 4.69) is 19.2 Å². The van der Waals surface area contributed by atoms with Crippen LogP contribution in [0.1, 0.15) is 37.0 Å². The zero-order valence-corrected chi connectivity index (χ0v) is 11.7. The van der Waals surface area contributed by atoms with Gasteiger partial charge in [0.05, 0.1) is 18.4 Å². The molecule has 2 rings (SSSR count). The fraction of sp³-hybridized carbons (Fsp3) is 0.500. The molecule has 1 atom stereocenters. The van der Waals surface area contributed by atoms with Crippen molar-refractivity contribution in [2.24, 2.45) is 5.41 Å². The predicted octanol–water partition coefficient (Wildman–Crippen LogP) is 3.73. The molecular formula is C14H18ClNO2. The maximum Gasteiger partial charge on any atom is 0.339 e. The highest BCUT2D eigenvalue weighted by molar-refractivity contribution is 6.31. The number of carbonyl (C=O) groups excluding carboxylic acids is 1. The van der Waals surface area contributed by atoms with Crippen LogP contribution in [-0.4, -0.2) is 19.1 Å². The third-order valence-corrected chi connectivity index (χ3v) is 4.08. The Balaban J connectivity index is 2.24. The Hall–Kier alpha value is -1.22. The molecule has 3 nitrogen and oxygen atoms in total. The number of rotatable bonds is 4. The van der Waals surface area contributed by atoms with Gasteiger partial charge in [-0.3, -0.25) is 0 Å². The van der Waals surface area contributed by atoms with Gasteiger partial charge >= 0.3 is 5.97 Å². The molecule has 0 heterocycles. The lowest BCUT2D eigenvalue weighted by atomic mass is 10.00. The number of benzene rings is 1. The second-order valence-electron chi connectivity index (χ2n) is 5.20. The highest BCUT2D eigenvalue weighted by atomic mass is 35.5. The van der Waals surface area contributed by atoms with Crippen LogP contribution in [0.3, 0.4) is 0 Å². The molecule has 0 bridgehead atoms. The first-order chi connectivity index (χ1) is 8.46. The van der Waals surface area contributed by atoms with E-state index < -0.39 is 0 Å². The first kappa shape index (κ1) is 13.2. The summed E-state index contributed by atoms with van der Waals surface area (Å²) >= 11 is 5.99. The smallest absolute Gasteiger partial charge is 0.339 e. The maximum absolute atomic E-state index is 11.7. The first-order valence-electron chi connectivity index (χ1n) is 6.11. The van der Waals surface area contributed by atoms with Crippen LogP contribution in [0.2, 0.25) is 5.02 Å². The van der Waals surface area contributed by atoms with Gasteiger partial charge in [0.1, 0.15) is 0 Å². The van der Waals surface area contributed by atoms with E-state index in [0.717, 1.165) is 5.69 Å². The summed E-state index contributed by atoms with van der Waals surface area (Å²) in [5.74, 6) is -0.345. The lowest BCUT2D eigenvalue weighted by Crippen LogP contribution is -2.26. The van der Waals surface area contributed by atoms with Crippen molar-refractivity contribution < 1.29 is 9.53 Å². The topological polar surface area (TPSA) is 38.3 Å². The van der Waals surface area contributed by atoms with E-state index in [-0.39, 0.29) is 5.97 Å². The van der Waals surface area contributed by atoms with Crippen LogP contribution in [-0.2, 0) is 4.74 Å². The molecule has 1 aliphatic rings. The van der Waals surface area contributed by atoms with Crippen molar-refractivity contribution in [3.05, 3.63) is 28.8 Å². The van der Waals surface area contributed by atoms with E-state index in [1.54, 1.807) is 18.2 Å². The molecule has 1 aromatic rings. The second kappa shape index (κ2) is 4.81. The molecule has 98 valence electrons. The monoisotopic (exact) mass is 267 g/mol. The van der Waals surface area contributed by atoms with Crippen LogP contribution in [0.25, 0.3) is 0 Å². The van der Waals surface area contributed by atoms with Crippen molar-refractivity contribution in [2.45, 2.75) is 32.7 Å². The third kappa shape index (κ3) is 2.61. The van der Waals surface area contributed by atoms with E-state index in [1.807, 2.05) is 0 Å². The highest BCUT2D eigenvalue weighted by Gasteiger charge is 2.42. The summed E-state index contributed by atoms with van der Waals surface area (Å²) in [5, 5.41) is 3.99. The van der Waals surface area contributed by atoms with Crippen molar-refractivity contribution >= 4 is 23.3 Å². The van der Waals surface area contributed by atoms with Crippen LogP contribution < -0.4 is 5.32 Å².